The van der Waals surface area contributed by atoms with Crippen LogP contribution in [-0.4, -0.2) is 31.6 Å². The van der Waals surface area contributed by atoms with Crippen molar-refractivity contribution in [3.05, 3.63) is 24.3 Å². The lowest BCUT2D eigenvalue weighted by molar-refractivity contribution is -0.150. The molecule has 3 N–H and O–H groups in total. The third-order valence-corrected chi connectivity index (χ3v) is 2.34. The van der Waals surface area contributed by atoms with Crippen LogP contribution in [0.25, 0.3) is 0 Å². The molecule has 1 aromatic rings. The molecule has 0 saturated heterocycles. The van der Waals surface area contributed by atoms with Gasteiger partial charge < -0.3 is 20.5 Å². The van der Waals surface area contributed by atoms with E-state index >= 15 is 0 Å². The van der Waals surface area contributed by atoms with Gasteiger partial charge in [-0.3, -0.25) is 4.79 Å². The average Bonchev–Trinajstić information content (AvgIpc) is 2.42. The van der Waals surface area contributed by atoms with Crippen molar-refractivity contribution in [2.45, 2.75) is 13.8 Å². The van der Waals surface area contributed by atoms with Gasteiger partial charge in [0.15, 0.2) is 13.2 Å². The quantitative estimate of drug-likeness (QED) is 0.573. The summed E-state index contributed by atoms with van der Waals surface area (Å²) in [7, 11) is 0. The number of hydrogen-bond donors (Lipinski definition) is 2. The van der Waals surface area contributed by atoms with Crippen LogP contribution >= 0.6 is 0 Å². The van der Waals surface area contributed by atoms with E-state index in [-0.39, 0.29) is 19.1 Å². The zero-order valence-electron chi connectivity index (χ0n) is 11.7. The number of amides is 1. The molecule has 0 atom stereocenters. The number of benzene rings is 1. The lowest BCUT2D eigenvalue weighted by atomic mass is 10.2. The number of rotatable bonds is 7. The van der Waals surface area contributed by atoms with Crippen LogP contribution in [0.4, 0.5) is 5.69 Å². The summed E-state index contributed by atoms with van der Waals surface area (Å²) in [5, 5.41) is 2.64. The standard InChI is InChI=1S/C14H20N2O4/c1-10(2)7-16-13(17)8-20-14(18)9-19-12-6-4-3-5-11(12)15/h3-6,10H,7-9,15H2,1-2H3,(H,16,17). The van der Waals surface area contributed by atoms with E-state index in [1.54, 1.807) is 24.3 Å². The van der Waals surface area contributed by atoms with Crippen LogP contribution in [-0.2, 0) is 14.3 Å². The Bertz CT molecular complexity index is 460. The molecule has 0 aromatic heterocycles. The summed E-state index contributed by atoms with van der Waals surface area (Å²) in [6.45, 7) is 3.91. The third-order valence-electron chi connectivity index (χ3n) is 2.34. The average molecular weight is 280 g/mol. The summed E-state index contributed by atoms with van der Waals surface area (Å²) in [5.74, 6) is -0.188. The molecule has 1 amide bonds. The summed E-state index contributed by atoms with van der Waals surface area (Å²) in [4.78, 5) is 22.7. The number of nitrogens with two attached hydrogens (primary N) is 1. The van der Waals surface area contributed by atoms with Gasteiger partial charge in [0.1, 0.15) is 5.75 Å². The molecular weight excluding hydrogens is 260 g/mol. The topological polar surface area (TPSA) is 90.6 Å². The van der Waals surface area contributed by atoms with E-state index in [0.717, 1.165) is 0 Å². The second-order valence-electron chi connectivity index (χ2n) is 4.69. The molecule has 20 heavy (non-hydrogen) atoms. The fraction of sp³-hybridized carbons (Fsp3) is 0.429. The Morgan fingerprint density at radius 1 is 1.25 bits per heavy atom. The summed E-state index contributed by atoms with van der Waals surface area (Å²) in [6, 6.07) is 6.83. The van der Waals surface area contributed by atoms with Crippen molar-refractivity contribution in [2.24, 2.45) is 5.92 Å². The highest BCUT2D eigenvalue weighted by Gasteiger charge is 2.09. The maximum atomic E-state index is 11.4. The Kier molecular flexibility index (Phi) is 6.36. The highest BCUT2D eigenvalue weighted by Crippen LogP contribution is 2.19. The number of nitrogen functional groups attached to an aromatic ring is 1. The monoisotopic (exact) mass is 280 g/mol. The predicted octanol–water partition coefficient (Wildman–Crippen LogP) is 0.963. The van der Waals surface area contributed by atoms with Gasteiger partial charge in [0, 0.05) is 6.54 Å². The molecule has 110 valence electrons. The number of anilines is 1. The number of esters is 1. The molecule has 0 fully saturated rings. The number of nitrogens with one attached hydrogen (secondary N) is 1. The second-order valence-corrected chi connectivity index (χ2v) is 4.69. The van der Waals surface area contributed by atoms with Crippen molar-refractivity contribution in [2.75, 3.05) is 25.5 Å². The lowest BCUT2D eigenvalue weighted by Crippen LogP contribution is -2.32. The molecule has 6 nitrogen and oxygen atoms in total. The van der Waals surface area contributed by atoms with Crippen LogP contribution in [0, 0.1) is 5.92 Å². The van der Waals surface area contributed by atoms with E-state index in [1.165, 1.54) is 0 Å². The maximum absolute atomic E-state index is 11.4. The Balaban J connectivity index is 2.24. The summed E-state index contributed by atoms with van der Waals surface area (Å²) >= 11 is 0. The van der Waals surface area contributed by atoms with Crippen LogP contribution in [0.2, 0.25) is 0 Å². The number of carbonyl (C=O) groups excluding carboxylic acids is 2. The van der Waals surface area contributed by atoms with Gasteiger partial charge in [-0.2, -0.15) is 0 Å². The maximum Gasteiger partial charge on any atom is 0.344 e. The SMILES string of the molecule is CC(C)CNC(=O)COC(=O)COc1ccccc1N. The molecule has 0 radical (unpaired) electrons. The van der Waals surface area contributed by atoms with Crippen molar-refractivity contribution in [3.63, 3.8) is 0 Å². The van der Waals surface area contributed by atoms with Gasteiger partial charge in [-0.25, -0.2) is 4.79 Å². The minimum Gasteiger partial charge on any atom is -0.480 e. The molecular formula is C14H20N2O4. The van der Waals surface area contributed by atoms with Crippen molar-refractivity contribution in [1.29, 1.82) is 0 Å². The first kappa shape index (κ1) is 15.8. The van der Waals surface area contributed by atoms with Gasteiger partial charge in [-0.1, -0.05) is 26.0 Å². The largest absolute Gasteiger partial charge is 0.480 e. The minimum absolute atomic E-state index is 0.286. The second kappa shape index (κ2) is 8.04. The molecule has 1 rings (SSSR count). The van der Waals surface area contributed by atoms with Gasteiger partial charge in [-0.15, -0.1) is 0 Å². The van der Waals surface area contributed by atoms with E-state index in [9.17, 15) is 9.59 Å². The van der Waals surface area contributed by atoms with Crippen LogP contribution in [0.1, 0.15) is 13.8 Å². The molecule has 0 aliphatic carbocycles. The highest BCUT2D eigenvalue weighted by atomic mass is 16.6. The normalized spacial score (nSPS) is 10.2. The smallest absolute Gasteiger partial charge is 0.344 e. The fourth-order valence-electron chi connectivity index (χ4n) is 1.31. The van der Waals surface area contributed by atoms with E-state index in [0.29, 0.717) is 23.9 Å². The van der Waals surface area contributed by atoms with Crippen LogP contribution in [0.5, 0.6) is 5.75 Å². The van der Waals surface area contributed by atoms with Crippen LogP contribution in [0.15, 0.2) is 24.3 Å². The number of hydrogen-bond acceptors (Lipinski definition) is 5. The first-order valence-corrected chi connectivity index (χ1v) is 6.38. The molecule has 0 unspecified atom stereocenters. The molecule has 0 heterocycles. The Labute approximate surface area is 118 Å². The van der Waals surface area contributed by atoms with E-state index < -0.39 is 5.97 Å². The first-order valence-electron chi connectivity index (χ1n) is 6.38. The van der Waals surface area contributed by atoms with Crippen LogP contribution < -0.4 is 15.8 Å². The first-order chi connectivity index (χ1) is 9.49. The molecule has 0 aliphatic rings. The zero-order valence-corrected chi connectivity index (χ0v) is 11.7. The van der Waals surface area contributed by atoms with E-state index in [4.69, 9.17) is 15.2 Å². The molecule has 0 saturated carbocycles. The number of carbonyl (C=O) groups is 2. The molecule has 0 bridgehead atoms. The Morgan fingerprint density at radius 2 is 1.95 bits per heavy atom. The van der Waals surface area contributed by atoms with Gasteiger partial charge in [0.25, 0.3) is 5.91 Å². The van der Waals surface area contributed by atoms with Gasteiger partial charge >= 0.3 is 5.97 Å². The number of para-hydroxylation sites is 2. The van der Waals surface area contributed by atoms with E-state index in [1.807, 2.05) is 13.8 Å². The summed E-state index contributed by atoms with van der Waals surface area (Å²) < 4.78 is 9.98. The summed E-state index contributed by atoms with van der Waals surface area (Å²) in [6.07, 6.45) is 0. The zero-order chi connectivity index (χ0) is 15.0. The fourth-order valence-corrected chi connectivity index (χ4v) is 1.31. The molecule has 6 heteroatoms. The van der Waals surface area contributed by atoms with Crippen molar-refractivity contribution in [1.82, 2.24) is 5.32 Å². The minimum atomic E-state index is -0.618. The predicted molar refractivity (Wildman–Crippen MR) is 75.2 cm³/mol. The number of ether oxygens (including phenoxy) is 2. The van der Waals surface area contributed by atoms with E-state index in [2.05, 4.69) is 5.32 Å². The molecule has 0 aliphatic heterocycles. The van der Waals surface area contributed by atoms with Gasteiger partial charge in [0.05, 0.1) is 5.69 Å². The highest BCUT2D eigenvalue weighted by molar-refractivity contribution is 5.80. The molecule has 0 spiro atoms. The van der Waals surface area contributed by atoms with Crippen molar-refractivity contribution in [3.8, 4) is 5.75 Å². The summed E-state index contributed by atoms with van der Waals surface area (Å²) in [5.41, 5.74) is 6.10. The Morgan fingerprint density at radius 3 is 2.60 bits per heavy atom. The van der Waals surface area contributed by atoms with Crippen molar-refractivity contribution < 1.29 is 19.1 Å². The Hall–Kier alpha value is -2.24. The third kappa shape index (κ3) is 6.08. The van der Waals surface area contributed by atoms with Crippen LogP contribution in [0.3, 0.4) is 0 Å². The van der Waals surface area contributed by atoms with Crippen molar-refractivity contribution >= 4 is 17.6 Å². The van der Waals surface area contributed by atoms with Gasteiger partial charge in [-0.05, 0) is 18.1 Å². The lowest BCUT2D eigenvalue weighted by Gasteiger charge is -2.09. The van der Waals surface area contributed by atoms with Gasteiger partial charge in [0.2, 0.25) is 0 Å². The molecule has 1 aromatic carbocycles.